The second-order valence-electron chi connectivity index (χ2n) is 5.18. The van der Waals surface area contributed by atoms with E-state index in [1.165, 1.54) is 12.8 Å². The topological polar surface area (TPSA) is 44.4 Å². The van der Waals surface area contributed by atoms with Gasteiger partial charge in [0.05, 0.1) is 6.54 Å². The number of nitrogens with zero attached hydrogens (tertiary/aromatic N) is 1. The molecule has 1 rings (SSSR count). The Morgan fingerprint density at radius 2 is 2.29 bits per heavy atom. The van der Waals surface area contributed by atoms with Crippen LogP contribution in [0.1, 0.15) is 33.1 Å². The van der Waals surface area contributed by atoms with Gasteiger partial charge in [-0.2, -0.15) is 0 Å². The highest BCUT2D eigenvalue weighted by Crippen LogP contribution is 2.15. The molecule has 1 amide bonds. The third kappa shape index (κ3) is 5.50. The molecule has 17 heavy (non-hydrogen) atoms. The van der Waals surface area contributed by atoms with Gasteiger partial charge in [-0.1, -0.05) is 6.92 Å². The molecule has 1 heterocycles. The minimum absolute atomic E-state index is 0.171. The number of hydrogen-bond donors (Lipinski definition) is 2. The molecule has 2 unspecified atom stereocenters. The summed E-state index contributed by atoms with van der Waals surface area (Å²) < 4.78 is 0. The zero-order chi connectivity index (χ0) is 12.7. The van der Waals surface area contributed by atoms with Crippen LogP contribution < -0.4 is 10.6 Å². The fourth-order valence-corrected chi connectivity index (χ4v) is 2.38. The van der Waals surface area contributed by atoms with Gasteiger partial charge in [0.1, 0.15) is 0 Å². The SMILES string of the molecule is CCC(C)NC(=O)CN1CCCC(CNC)C1. The number of hydrogen-bond acceptors (Lipinski definition) is 3. The lowest BCUT2D eigenvalue weighted by molar-refractivity contribution is -0.123. The van der Waals surface area contributed by atoms with Gasteiger partial charge in [0.15, 0.2) is 0 Å². The van der Waals surface area contributed by atoms with Gasteiger partial charge in [-0.25, -0.2) is 0 Å². The van der Waals surface area contributed by atoms with Gasteiger partial charge < -0.3 is 10.6 Å². The van der Waals surface area contributed by atoms with Crippen molar-refractivity contribution in [2.24, 2.45) is 5.92 Å². The van der Waals surface area contributed by atoms with Crippen molar-refractivity contribution in [2.75, 3.05) is 33.2 Å². The molecule has 4 heteroatoms. The third-order valence-corrected chi connectivity index (χ3v) is 3.48. The highest BCUT2D eigenvalue weighted by atomic mass is 16.2. The minimum atomic E-state index is 0.171. The molecule has 100 valence electrons. The summed E-state index contributed by atoms with van der Waals surface area (Å²) in [5, 5.41) is 6.25. The molecule has 1 fully saturated rings. The van der Waals surface area contributed by atoms with Gasteiger partial charge in [0.2, 0.25) is 5.91 Å². The first-order valence-electron chi connectivity index (χ1n) is 6.82. The predicted octanol–water partition coefficient (Wildman–Crippen LogP) is 0.833. The van der Waals surface area contributed by atoms with Crippen molar-refractivity contribution in [3.63, 3.8) is 0 Å². The maximum atomic E-state index is 11.8. The van der Waals surface area contributed by atoms with E-state index in [4.69, 9.17) is 0 Å². The van der Waals surface area contributed by atoms with Crippen LogP contribution in [0.2, 0.25) is 0 Å². The average molecular weight is 241 g/mol. The van der Waals surface area contributed by atoms with E-state index in [1.54, 1.807) is 0 Å². The molecule has 0 bridgehead atoms. The quantitative estimate of drug-likeness (QED) is 0.724. The van der Waals surface area contributed by atoms with Crippen LogP contribution in [0.15, 0.2) is 0 Å². The maximum Gasteiger partial charge on any atom is 0.234 e. The zero-order valence-electron chi connectivity index (χ0n) is 11.5. The van der Waals surface area contributed by atoms with Crippen LogP contribution in [0, 0.1) is 5.92 Å². The van der Waals surface area contributed by atoms with Gasteiger partial charge >= 0.3 is 0 Å². The van der Waals surface area contributed by atoms with E-state index >= 15 is 0 Å². The van der Waals surface area contributed by atoms with Gasteiger partial charge in [-0.15, -0.1) is 0 Å². The zero-order valence-corrected chi connectivity index (χ0v) is 11.5. The number of rotatable bonds is 6. The summed E-state index contributed by atoms with van der Waals surface area (Å²) in [5.41, 5.74) is 0. The summed E-state index contributed by atoms with van der Waals surface area (Å²) in [6.07, 6.45) is 3.49. The van der Waals surface area contributed by atoms with Crippen molar-refractivity contribution in [2.45, 2.75) is 39.2 Å². The van der Waals surface area contributed by atoms with Crippen LogP contribution in [0.4, 0.5) is 0 Å². The Balaban J connectivity index is 2.28. The summed E-state index contributed by atoms with van der Waals surface area (Å²) in [7, 11) is 1.99. The summed E-state index contributed by atoms with van der Waals surface area (Å²) in [6.45, 7) is 7.88. The Morgan fingerprint density at radius 3 is 2.94 bits per heavy atom. The van der Waals surface area contributed by atoms with Crippen molar-refractivity contribution in [1.29, 1.82) is 0 Å². The van der Waals surface area contributed by atoms with E-state index in [1.807, 2.05) is 7.05 Å². The van der Waals surface area contributed by atoms with Gasteiger partial charge in [0.25, 0.3) is 0 Å². The number of carbonyl (C=O) groups is 1. The standard InChI is InChI=1S/C13H27N3O/c1-4-11(2)15-13(17)10-16-7-5-6-12(9-16)8-14-3/h11-12,14H,4-10H2,1-3H3,(H,15,17). The first kappa shape index (κ1) is 14.5. The van der Waals surface area contributed by atoms with Crippen LogP contribution in [0.3, 0.4) is 0 Å². The van der Waals surface area contributed by atoms with Crippen molar-refractivity contribution in [1.82, 2.24) is 15.5 Å². The van der Waals surface area contributed by atoms with Gasteiger partial charge in [-0.3, -0.25) is 9.69 Å². The van der Waals surface area contributed by atoms with Crippen LogP contribution >= 0.6 is 0 Å². The minimum Gasteiger partial charge on any atom is -0.353 e. The molecule has 0 aromatic carbocycles. The van der Waals surface area contributed by atoms with E-state index in [9.17, 15) is 4.79 Å². The number of likely N-dealkylation sites (tertiary alicyclic amines) is 1. The first-order chi connectivity index (χ1) is 8.15. The van der Waals surface area contributed by atoms with E-state index in [0.717, 1.165) is 26.1 Å². The van der Waals surface area contributed by atoms with Crippen molar-refractivity contribution >= 4 is 5.91 Å². The molecular weight excluding hydrogens is 214 g/mol. The summed E-state index contributed by atoms with van der Waals surface area (Å²) in [6, 6.07) is 0.292. The number of amides is 1. The fourth-order valence-electron chi connectivity index (χ4n) is 2.38. The van der Waals surface area contributed by atoms with Gasteiger partial charge in [0, 0.05) is 12.6 Å². The van der Waals surface area contributed by atoms with Crippen LogP contribution in [0.5, 0.6) is 0 Å². The first-order valence-corrected chi connectivity index (χ1v) is 6.82. The maximum absolute atomic E-state index is 11.8. The lowest BCUT2D eigenvalue weighted by Crippen LogP contribution is -2.45. The van der Waals surface area contributed by atoms with Gasteiger partial charge in [-0.05, 0) is 52.2 Å². The third-order valence-electron chi connectivity index (χ3n) is 3.48. The molecule has 1 saturated heterocycles. The van der Waals surface area contributed by atoms with E-state index < -0.39 is 0 Å². The summed E-state index contributed by atoms with van der Waals surface area (Å²) in [5.74, 6) is 0.870. The molecule has 1 aliphatic rings. The Morgan fingerprint density at radius 1 is 1.53 bits per heavy atom. The van der Waals surface area contributed by atoms with Crippen molar-refractivity contribution in [3.8, 4) is 0 Å². The van der Waals surface area contributed by atoms with Crippen molar-refractivity contribution in [3.05, 3.63) is 0 Å². The Kier molecular flexibility index (Phi) is 6.52. The largest absolute Gasteiger partial charge is 0.353 e. The molecule has 0 saturated carbocycles. The average Bonchev–Trinajstić information content (AvgIpc) is 2.29. The molecule has 0 spiro atoms. The molecular formula is C13H27N3O. The summed E-state index contributed by atoms with van der Waals surface area (Å²) >= 11 is 0. The molecule has 0 radical (unpaired) electrons. The predicted molar refractivity (Wildman–Crippen MR) is 71.0 cm³/mol. The van der Waals surface area contributed by atoms with Crippen LogP contribution in [-0.4, -0.2) is 50.1 Å². The normalized spacial score (nSPS) is 23.4. The molecule has 0 aliphatic carbocycles. The highest BCUT2D eigenvalue weighted by Gasteiger charge is 2.21. The number of nitrogens with one attached hydrogen (secondary N) is 2. The second kappa shape index (κ2) is 7.67. The molecule has 4 nitrogen and oxygen atoms in total. The summed E-state index contributed by atoms with van der Waals surface area (Å²) in [4.78, 5) is 14.1. The van der Waals surface area contributed by atoms with E-state index in [2.05, 4.69) is 29.4 Å². The van der Waals surface area contributed by atoms with E-state index in [-0.39, 0.29) is 5.91 Å². The van der Waals surface area contributed by atoms with Crippen LogP contribution in [-0.2, 0) is 4.79 Å². The highest BCUT2D eigenvalue weighted by molar-refractivity contribution is 5.78. The molecule has 2 atom stereocenters. The number of carbonyl (C=O) groups excluding carboxylic acids is 1. The molecule has 0 aromatic rings. The molecule has 0 aromatic heterocycles. The Hall–Kier alpha value is -0.610. The lowest BCUT2D eigenvalue weighted by atomic mass is 9.98. The Labute approximate surface area is 105 Å². The number of piperidine rings is 1. The van der Waals surface area contributed by atoms with E-state index in [0.29, 0.717) is 18.5 Å². The Bertz CT molecular complexity index is 231. The fraction of sp³-hybridized carbons (Fsp3) is 0.923. The smallest absolute Gasteiger partial charge is 0.234 e. The lowest BCUT2D eigenvalue weighted by Gasteiger charge is -2.32. The second-order valence-corrected chi connectivity index (χ2v) is 5.18. The molecule has 2 N–H and O–H groups in total. The van der Waals surface area contributed by atoms with Crippen molar-refractivity contribution < 1.29 is 4.79 Å². The molecule has 1 aliphatic heterocycles. The van der Waals surface area contributed by atoms with Crippen LogP contribution in [0.25, 0.3) is 0 Å². The monoisotopic (exact) mass is 241 g/mol.